The first-order chi connectivity index (χ1) is 15.2. The van der Waals surface area contributed by atoms with Gasteiger partial charge in [0.2, 0.25) is 0 Å². The molecule has 32 heavy (non-hydrogen) atoms. The van der Waals surface area contributed by atoms with E-state index < -0.39 is 28.7 Å². The van der Waals surface area contributed by atoms with Crippen LogP contribution in [0.2, 0.25) is 5.02 Å². The lowest BCUT2D eigenvalue weighted by atomic mass is 9.73. The number of aromatic nitrogens is 3. The van der Waals surface area contributed by atoms with E-state index in [1.807, 2.05) is 0 Å². The lowest BCUT2D eigenvalue weighted by Crippen LogP contribution is -2.53. The molecule has 0 spiro atoms. The molecule has 4 rings (SSSR count). The Morgan fingerprint density at radius 1 is 1.28 bits per heavy atom. The summed E-state index contributed by atoms with van der Waals surface area (Å²) in [5.74, 6) is -0.800. The number of pyridine rings is 1. The number of hydrogen-bond acceptors (Lipinski definition) is 8. The fourth-order valence-electron chi connectivity index (χ4n) is 3.91. The standard InChI is InChI=1S/C21H21ClF2N6OS/c1-11-20(2,9-31)32-19(25)30-21(11,8-23)14-6-13(3-4-15(14)24)29-18-17-16(27-10-28-18)5-12(22)7-26-17/h3-7,10-11,31H,8-9H2,1-2H3,(H2,25,30)(H,27,28,29)/t11-,20-,21+/m1/s1. The van der Waals surface area contributed by atoms with E-state index in [1.165, 1.54) is 30.7 Å². The molecule has 0 aliphatic carbocycles. The van der Waals surface area contributed by atoms with Crippen molar-refractivity contribution in [3.63, 3.8) is 0 Å². The molecule has 2 aromatic heterocycles. The van der Waals surface area contributed by atoms with Crippen LogP contribution in [0.5, 0.6) is 0 Å². The molecule has 0 bridgehead atoms. The molecular formula is C21H21ClF2N6OS. The summed E-state index contributed by atoms with van der Waals surface area (Å²) in [4.78, 5) is 17.0. The highest BCUT2D eigenvalue weighted by molar-refractivity contribution is 8.15. The molecule has 0 unspecified atom stereocenters. The van der Waals surface area contributed by atoms with Gasteiger partial charge in [0.1, 0.15) is 29.9 Å². The number of fused-ring (bicyclic) bond motifs is 1. The number of aliphatic hydroxyl groups excluding tert-OH is 1. The molecule has 4 N–H and O–H groups in total. The summed E-state index contributed by atoms with van der Waals surface area (Å²) in [7, 11) is 0. The Bertz CT molecular complexity index is 1210. The zero-order valence-corrected chi connectivity index (χ0v) is 18.9. The second-order valence-electron chi connectivity index (χ2n) is 7.87. The average Bonchev–Trinajstić information content (AvgIpc) is 2.77. The van der Waals surface area contributed by atoms with Crippen LogP contribution in [-0.4, -0.2) is 43.3 Å². The van der Waals surface area contributed by atoms with E-state index in [0.717, 1.165) is 11.8 Å². The van der Waals surface area contributed by atoms with Gasteiger partial charge in [0.05, 0.1) is 17.1 Å². The van der Waals surface area contributed by atoms with Gasteiger partial charge >= 0.3 is 0 Å². The number of hydrogen-bond donors (Lipinski definition) is 3. The number of alkyl halides is 1. The highest BCUT2D eigenvalue weighted by Crippen LogP contribution is 2.50. The van der Waals surface area contributed by atoms with Crippen molar-refractivity contribution in [1.29, 1.82) is 0 Å². The summed E-state index contributed by atoms with van der Waals surface area (Å²) in [6.45, 7) is 2.25. The van der Waals surface area contributed by atoms with Crippen LogP contribution in [0.4, 0.5) is 20.3 Å². The minimum absolute atomic E-state index is 0.0368. The number of aliphatic hydroxyl groups is 1. The van der Waals surface area contributed by atoms with Crippen LogP contribution >= 0.6 is 23.4 Å². The van der Waals surface area contributed by atoms with E-state index in [4.69, 9.17) is 17.3 Å². The molecule has 168 valence electrons. The fourth-order valence-corrected chi connectivity index (χ4v) is 5.19. The Morgan fingerprint density at radius 3 is 2.78 bits per heavy atom. The van der Waals surface area contributed by atoms with Crippen molar-refractivity contribution in [3.8, 4) is 0 Å². The van der Waals surface area contributed by atoms with Crippen molar-refractivity contribution < 1.29 is 13.9 Å². The lowest BCUT2D eigenvalue weighted by Gasteiger charge is -2.47. The molecular weight excluding hydrogens is 458 g/mol. The van der Waals surface area contributed by atoms with Crippen molar-refractivity contribution in [1.82, 2.24) is 15.0 Å². The number of nitrogens with two attached hydrogens (primary N) is 1. The average molecular weight is 479 g/mol. The van der Waals surface area contributed by atoms with Crippen molar-refractivity contribution in [2.45, 2.75) is 24.1 Å². The van der Waals surface area contributed by atoms with E-state index in [0.29, 0.717) is 27.6 Å². The summed E-state index contributed by atoms with van der Waals surface area (Å²) < 4.78 is 28.8. The van der Waals surface area contributed by atoms with Gasteiger partial charge in [0.15, 0.2) is 11.0 Å². The Balaban J connectivity index is 1.81. The number of amidine groups is 1. The topological polar surface area (TPSA) is 109 Å². The zero-order chi connectivity index (χ0) is 23.1. The van der Waals surface area contributed by atoms with E-state index in [-0.39, 0.29) is 17.3 Å². The van der Waals surface area contributed by atoms with Gasteiger partial charge in [-0.2, -0.15) is 0 Å². The van der Waals surface area contributed by atoms with Crippen LogP contribution in [0.3, 0.4) is 0 Å². The molecule has 0 saturated carbocycles. The highest BCUT2D eigenvalue weighted by Gasteiger charge is 2.52. The summed E-state index contributed by atoms with van der Waals surface area (Å²) >= 11 is 7.15. The van der Waals surface area contributed by atoms with E-state index in [2.05, 4.69) is 25.3 Å². The van der Waals surface area contributed by atoms with Crippen molar-refractivity contribution in [2.75, 3.05) is 18.6 Å². The first-order valence-electron chi connectivity index (χ1n) is 9.77. The summed E-state index contributed by atoms with van der Waals surface area (Å²) in [6, 6.07) is 5.88. The van der Waals surface area contributed by atoms with Gasteiger partial charge < -0.3 is 16.2 Å². The number of aliphatic imine (C=N–C) groups is 1. The van der Waals surface area contributed by atoms with Gasteiger partial charge in [-0.05, 0) is 31.2 Å². The Kier molecular flexibility index (Phi) is 5.95. The second kappa shape index (κ2) is 8.42. The van der Waals surface area contributed by atoms with E-state index >= 15 is 4.39 Å². The van der Waals surface area contributed by atoms with Gasteiger partial charge in [-0.3, -0.25) is 0 Å². The van der Waals surface area contributed by atoms with Crippen LogP contribution in [0.25, 0.3) is 11.0 Å². The number of rotatable bonds is 5. The van der Waals surface area contributed by atoms with Crippen molar-refractivity contribution >= 4 is 51.1 Å². The molecule has 11 heteroatoms. The molecule has 1 aromatic carbocycles. The zero-order valence-electron chi connectivity index (χ0n) is 17.3. The van der Waals surface area contributed by atoms with Gasteiger partial charge in [-0.25, -0.2) is 28.7 Å². The molecule has 0 amide bonds. The third kappa shape index (κ3) is 3.76. The minimum atomic E-state index is -1.59. The number of anilines is 2. The molecule has 0 fully saturated rings. The minimum Gasteiger partial charge on any atom is -0.395 e. The van der Waals surface area contributed by atoms with Crippen LogP contribution < -0.4 is 11.1 Å². The van der Waals surface area contributed by atoms with Gasteiger partial charge in [-0.15, -0.1) is 0 Å². The van der Waals surface area contributed by atoms with E-state index in [9.17, 15) is 9.50 Å². The number of nitrogens with one attached hydrogen (secondary N) is 1. The molecule has 3 aromatic rings. The molecule has 1 aliphatic heterocycles. The molecule has 1 aliphatic rings. The third-order valence-electron chi connectivity index (χ3n) is 5.94. The number of thioether (sulfide) groups is 1. The number of benzene rings is 1. The first-order valence-corrected chi connectivity index (χ1v) is 11.0. The second-order valence-corrected chi connectivity index (χ2v) is 9.86. The van der Waals surface area contributed by atoms with Crippen molar-refractivity contribution in [3.05, 3.63) is 53.2 Å². The highest BCUT2D eigenvalue weighted by atomic mass is 35.5. The molecule has 3 atom stereocenters. The SMILES string of the molecule is C[C@@H]1[C@@](C)(CO)SC(N)=N[C@]1(CF)c1cc(Nc2ncnc3cc(Cl)cnc23)ccc1F. The molecule has 7 nitrogen and oxygen atoms in total. The third-order valence-corrected chi connectivity index (χ3v) is 7.39. The molecule has 0 saturated heterocycles. The summed E-state index contributed by atoms with van der Waals surface area (Å²) in [5.41, 5.74) is 5.89. The van der Waals surface area contributed by atoms with E-state index in [1.54, 1.807) is 19.9 Å². The van der Waals surface area contributed by atoms with Gasteiger partial charge in [-0.1, -0.05) is 30.3 Å². The van der Waals surface area contributed by atoms with Gasteiger partial charge in [0.25, 0.3) is 0 Å². The predicted molar refractivity (Wildman–Crippen MR) is 124 cm³/mol. The Labute approximate surface area is 192 Å². The van der Waals surface area contributed by atoms with Crippen LogP contribution in [0.1, 0.15) is 19.4 Å². The Morgan fingerprint density at radius 2 is 2.06 bits per heavy atom. The summed E-state index contributed by atoms with van der Waals surface area (Å²) in [6.07, 6.45) is 2.83. The molecule has 3 heterocycles. The van der Waals surface area contributed by atoms with Crippen LogP contribution in [0.15, 0.2) is 41.8 Å². The number of nitrogens with zero attached hydrogens (tertiary/aromatic N) is 4. The Hall–Kier alpha value is -2.56. The maximum Gasteiger partial charge on any atom is 0.160 e. The normalized spacial score (nSPS) is 25.6. The lowest BCUT2D eigenvalue weighted by molar-refractivity contribution is 0.137. The van der Waals surface area contributed by atoms with Crippen molar-refractivity contribution in [2.24, 2.45) is 16.6 Å². The maximum atomic E-state index is 15.1. The monoisotopic (exact) mass is 478 g/mol. The summed E-state index contributed by atoms with van der Waals surface area (Å²) in [5, 5.41) is 13.6. The van der Waals surface area contributed by atoms with Gasteiger partial charge in [0, 0.05) is 28.1 Å². The quantitative estimate of drug-likeness (QED) is 0.504. The van der Waals surface area contributed by atoms with Crippen LogP contribution in [-0.2, 0) is 5.54 Å². The fraction of sp³-hybridized carbons (Fsp3) is 0.333. The largest absolute Gasteiger partial charge is 0.395 e. The molecule has 0 radical (unpaired) electrons. The number of halogens is 3. The van der Waals surface area contributed by atoms with Crippen LogP contribution in [0, 0.1) is 11.7 Å². The smallest absolute Gasteiger partial charge is 0.160 e. The predicted octanol–water partition coefficient (Wildman–Crippen LogP) is 4.17. The maximum absolute atomic E-state index is 15.1. The first kappa shape index (κ1) is 22.6.